The average Bonchev–Trinajstić information content (AvgIpc) is 2.40. The highest BCUT2D eigenvalue weighted by Gasteiger charge is 2.09. The molecular formula is C19H24BrN. The minimum absolute atomic E-state index is 0.447. The Bertz CT molecular complexity index is 596. The van der Waals surface area contributed by atoms with Crippen LogP contribution in [0.25, 0.3) is 0 Å². The van der Waals surface area contributed by atoms with Crippen molar-refractivity contribution in [2.24, 2.45) is 0 Å². The van der Waals surface area contributed by atoms with Gasteiger partial charge in [-0.2, -0.15) is 0 Å². The topological polar surface area (TPSA) is 12.0 Å². The Kier molecular flexibility index (Phi) is 5.46. The molecule has 0 saturated heterocycles. The Labute approximate surface area is 136 Å². The van der Waals surface area contributed by atoms with Crippen LogP contribution in [0.3, 0.4) is 0 Å². The van der Waals surface area contributed by atoms with Crippen LogP contribution in [0.2, 0.25) is 0 Å². The summed E-state index contributed by atoms with van der Waals surface area (Å²) in [6.07, 6.45) is 2.24. The quantitative estimate of drug-likeness (QED) is 0.721. The van der Waals surface area contributed by atoms with E-state index >= 15 is 0 Å². The van der Waals surface area contributed by atoms with Gasteiger partial charge in [0, 0.05) is 10.5 Å². The maximum atomic E-state index is 3.67. The molecule has 0 aliphatic carbocycles. The molecule has 2 heteroatoms. The van der Waals surface area contributed by atoms with Crippen LogP contribution >= 0.6 is 15.9 Å². The molecule has 2 aromatic carbocycles. The van der Waals surface area contributed by atoms with E-state index < -0.39 is 0 Å². The van der Waals surface area contributed by atoms with Crippen LogP contribution in [0.4, 0.5) is 5.69 Å². The molecule has 0 aliphatic heterocycles. The van der Waals surface area contributed by atoms with Gasteiger partial charge in [0.25, 0.3) is 0 Å². The fourth-order valence-corrected chi connectivity index (χ4v) is 3.46. The van der Waals surface area contributed by atoms with E-state index in [-0.39, 0.29) is 0 Å². The summed E-state index contributed by atoms with van der Waals surface area (Å²) in [6.45, 7) is 8.69. The van der Waals surface area contributed by atoms with E-state index in [9.17, 15) is 0 Å². The lowest BCUT2D eigenvalue weighted by atomic mass is 10.0. The number of anilines is 1. The Morgan fingerprint density at radius 3 is 2.48 bits per heavy atom. The Morgan fingerprint density at radius 2 is 1.81 bits per heavy atom. The lowest BCUT2D eigenvalue weighted by Crippen LogP contribution is -2.17. The van der Waals surface area contributed by atoms with Gasteiger partial charge in [-0.15, -0.1) is 0 Å². The zero-order valence-electron chi connectivity index (χ0n) is 13.3. The predicted molar refractivity (Wildman–Crippen MR) is 96.2 cm³/mol. The fraction of sp³-hybridized carbons (Fsp3) is 0.368. The van der Waals surface area contributed by atoms with E-state index in [0.29, 0.717) is 6.04 Å². The highest BCUT2D eigenvalue weighted by Crippen LogP contribution is 2.28. The molecule has 0 heterocycles. The van der Waals surface area contributed by atoms with E-state index in [2.05, 4.69) is 85.3 Å². The molecule has 1 N–H and O–H groups in total. The van der Waals surface area contributed by atoms with Crippen molar-refractivity contribution >= 4 is 21.6 Å². The van der Waals surface area contributed by atoms with Crippen LogP contribution in [0.5, 0.6) is 0 Å². The molecule has 0 aliphatic rings. The van der Waals surface area contributed by atoms with Crippen LogP contribution in [0, 0.1) is 20.8 Å². The average molecular weight is 346 g/mol. The minimum Gasteiger partial charge on any atom is -0.381 e. The minimum atomic E-state index is 0.447. The maximum absolute atomic E-state index is 3.67. The first-order valence-electron chi connectivity index (χ1n) is 7.54. The first-order chi connectivity index (χ1) is 9.95. The standard InChI is InChI=1S/C19H24BrN/c1-13-6-5-7-17(11-13)9-8-16(4)21-19-15(3)10-14(2)12-18(19)20/h5-7,10-12,16,21H,8-9H2,1-4H3. The van der Waals surface area contributed by atoms with Gasteiger partial charge in [0.15, 0.2) is 0 Å². The first kappa shape index (κ1) is 16.1. The van der Waals surface area contributed by atoms with Gasteiger partial charge in [0.2, 0.25) is 0 Å². The summed E-state index contributed by atoms with van der Waals surface area (Å²) in [4.78, 5) is 0. The lowest BCUT2D eigenvalue weighted by Gasteiger charge is -2.19. The van der Waals surface area contributed by atoms with Crippen LogP contribution in [0.15, 0.2) is 40.9 Å². The number of hydrogen-bond acceptors (Lipinski definition) is 1. The lowest BCUT2D eigenvalue weighted by molar-refractivity contribution is 0.705. The molecule has 21 heavy (non-hydrogen) atoms. The zero-order valence-corrected chi connectivity index (χ0v) is 14.9. The Balaban J connectivity index is 1.97. The summed E-state index contributed by atoms with van der Waals surface area (Å²) in [6, 6.07) is 13.6. The molecule has 0 radical (unpaired) electrons. The van der Waals surface area contributed by atoms with E-state index in [4.69, 9.17) is 0 Å². The number of halogens is 1. The van der Waals surface area contributed by atoms with Gasteiger partial charge < -0.3 is 5.32 Å². The molecule has 1 atom stereocenters. The van der Waals surface area contributed by atoms with E-state index in [1.807, 2.05) is 0 Å². The maximum Gasteiger partial charge on any atom is 0.0516 e. The molecule has 1 nitrogen and oxygen atoms in total. The van der Waals surface area contributed by atoms with Crippen molar-refractivity contribution in [3.63, 3.8) is 0 Å². The van der Waals surface area contributed by atoms with Crippen LogP contribution in [0.1, 0.15) is 35.6 Å². The highest BCUT2D eigenvalue weighted by atomic mass is 79.9. The number of rotatable bonds is 5. The Hall–Kier alpha value is -1.28. The van der Waals surface area contributed by atoms with Crippen molar-refractivity contribution in [1.82, 2.24) is 0 Å². The van der Waals surface area contributed by atoms with Crippen molar-refractivity contribution in [2.45, 2.75) is 46.6 Å². The van der Waals surface area contributed by atoms with Crippen LogP contribution < -0.4 is 5.32 Å². The van der Waals surface area contributed by atoms with E-state index in [1.54, 1.807) is 0 Å². The first-order valence-corrected chi connectivity index (χ1v) is 8.34. The van der Waals surface area contributed by atoms with Gasteiger partial charge in [-0.1, -0.05) is 35.9 Å². The summed E-state index contributed by atoms with van der Waals surface area (Å²) in [7, 11) is 0. The van der Waals surface area contributed by atoms with Crippen molar-refractivity contribution in [2.75, 3.05) is 5.32 Å². The second-order valence-electron chi connectivity index (χ2n) is 6.01. The molecule has 2 rings (SSSR count). The van der Waals surface area contributed by atoms with Crippen molar-refractivity contribution in [1.29, 1.82) is 0 Å². The summed E-state index contributed by atoms with van der Waals surface area (Å²) in [5.74, 6) is 0. The van der Waals surface area contributed by atoms with Gasteiger partial charge in [-0.05, 0) is 79.2 Å². The van der Waals surface area contributed by atoms with E-state index in [1.165, 1.54) is 27.9 Å². The molecule has 2 aromatic rings. The number of aryl methyl sites for hydroxylation is 4. The molecule has 0 spiro atoms. The van der Waals surface area contributed by atoms with Gasteiger partial charge in [-0.25, -0.2) is 0 Å². The highest BCUT2D eigenvalue weighted by molar-refractivity contribution is 9.10. The summed E-state index contributed by atoms with van der Waals surface area (Å²) in [5.41, 5.74) is 6.56. The van der Waals surface area contributed by atoms with Crippen molar-refractivity contribution in [3.05, 3.63) is 63.1 Å². The second kappa shape index (κ2) is 7.13. The predicted octanol–water partition coefficient (Wildman–Crippen LogP) is 5.81. The third-order valence-electron chi connectivity index (χ3n) is 3.77. The monoisotopic (exact) mass is 345 g/mol. The molecule has 0 fully saturated rings. The van der Waals surface area contributed by atoms with Gasteiger partial charge in [-0.3, -0.25) is 0 Å². The molecule has 0 amide bonds. The fourth-order valence-electron chi connectivity index (χ4n) is 2.67. The van der Waals surface area contributed by atoms with Crippen LogP contribution in [-0.4, -0.2) is 6.04 Å². The molecule has 0 bridgehead atoms. The van der Waals surface area contributed by atoms with Crippen LogP contribution in [-0.2, 0) is 6.42 Å². The third kappa shape index (κ3) is 4.60. The summed E-state index contributed by atoms with van der Waals surface area (Å²) >= 11 is 3.67. The second-order valence-corrected chi connectivity index (χ2v) is 6.87. The van der Waals surface area contributed by atoms with Gasteiger partial charge in [0.05, 0.1) is 5.69 Å². The molecule has 1 unspecified atom stereocenters. The SMILES string of the molecule is Cc1cccc(CCC(C)Nc2c(C)cc(C)cc2Br)c1. The van der Waals surface area contributed by atoms with Gasteiger partial charge >= 0.3 is 0 Å². The third-order valence-corrected chi connectivity index (χ3v) is 4.40. The van der Waals surface area contributed by atoms with E-state index in [0.717, 1.165) is 17.3 Å². The molecule has 112 valence electrons. The van der Waals surface area contributed by atoms with Gasteiger partial charge in [0.1, 0.15) is 0 Å². The number of nitrogens with one attached hydrogen (secondary N) is 1. The smallest absolute Gasteiger partial charge is 0.0516 e. The number of benzene rings is 2. The largest absolute Gasteiger partial charge is 0.381 e. The normalized spacial score (nSPS) is 12.2. The Morgan fingerprint density at radius 1 is 1.05 bits per heavy atom. The van der Waals surface area contributed by atoms with Crippen molar-refractivity contribution in [3.8, 4) is 0 Å². The molecule has 0 saturated carbocycles. The number of hydrogen-bond donors (Lipinski definition) is 1. The summed E-state index contributed by atoms with van der Waals surface area (Å²) < 4.78 is 1.16. The summed E-state index contributed by atoms with van der Waals surface area (Å²) in [5, 5.41) is 3.64. The molecule has 0 aromatic heterocycles. The molecular weight excluding hydrogens is 322 g/mol. The zero-order chi connectivity index (χ0) is 15.4. The van der Waals surface area contributed by atoms with Crippen molar-refractivity contribution < 1.29 is 0 Å².